The van der Waals surface area contributed by atoms with Crippen molar-refractivity contribution in [1.82, 2.24) is 0 Å². The van der Waals surface area contributed by atoms with Crippen LogP contribution in [-0.2, 0) is 12.8 Å². The molecule has 0 bridgehead atoms. The number of rotatable bonds is 4. The highest BCUT2D eigenvalue weighted by molar-refractivity contribution is 9.10. The van der Waals surface area contributed by atoms with E-state index in [0.717, 1.165) is 21.8 Å². The number of halogens is 2. The Morgan fingerprint density at radius 1 is 0.543 bits per heavy atom. The maximum atomic E-state index is 3.57. The zero-order valence-corrected chi connectivity index (χ0v) is 23.1. The van der Waals surface area contributed by atoms with Gasteiger partial charge in [0, 0.05) is 14.4 Å². The van der Waals surface area contributed by atoms with Crippen molar-refractivity contribution < 1.29 is 0 Å². The monoisotopic (exact) mass is 580 g/mol. The molecular formula is C33H26Br2. The van der Waals surface area contributed by atoms with Gasteiger partial charge >= 0.3 is 0 Å². The Morgan fingerprint density at radius 2 is 0.943 bits per heavy atom. The van der Waals surface area contributed by atoms with E-state index in [1.807, 2.05) is 0 Å². The van der Waals surface area contributed by atoms with Gasteiger partial charge in [0.1, 0.15) is 0 Å². The normalized spacial score (nSPS) is 14.4. The molecule has 0 aromatic heterocycles. The van der Waals surface area contributed by atoms with Crippen molar-refractivity contribution in [3.8, 4) is 22.3 Å². The fourth-order valence-electron chi connectivity index (χ4n) is 5.51. The summed E-state index contributed by atoms with van der Waals surface area (Å²) in [7, 11) is 0. The number of fused-ring (bicyclic) bond motifs is 2. The van der Waals surface area contributed by atoms with Crippen LogP contribution in [0, 0.1) is 5.41 Å². The van der Waals surface area contributed by atoms with Gasteiger partial charge in [0.25, 0.3) is 0 Å². The Morgan fingerprint density at radius 3 is 1.34 bits per heavy atom. The highest BCUT2D eigenvalue weighted by Gasteiger charge is 2.34. The molecule has 0 fully saturated rings. The van der Waals surface area contributed by atoms with Crippen LogP contribution in [-0.4, -0.2) is 0 Å². The molecule has 0 spiro atoms. The molecule has 0 atom stereocenters. The zero-order chi connectivity index (χ0) is 24.2. The first-order valence-electron chi connectivity index (χ1n) is 12.1. The van der Waals surface area contributed by atoms with Crippen LogP contribution < -0.4 is 0 Å². The first kappa shape index (κ1) is 22.8. The van der Waals surface area contributed by atoms with Crippen LogP contribution in [0.3, 0.4) is 0 Å². The van der Waals surface area contributed by atoms with Gasteiger partial charge in [-0.05, 0) is 81.6 Å². The molecule has 4 aromatic carbocycles. The quantitative estimate of drug-likeness (QED) is 0.225. The highest BCUT2D eigenvalue weighted by Crippen LogP contribution is 2.48. The lowest BCUT2D eigenvalue weighted by Crippen LogP contribution is -2.18. The molecule has 0 amide bonds. The Hall–Kier alpha value is -2.68. The van der Waals surface area contributed by atoms with Gasteiger partial charge in [0.15, 0.2) is 0 Å². The standard InChI is InChI=1S/C33H26Br2/c1-33(2,25-17-23-5-3-7-29(31(23)19-25)21-9-13-27(34)14-10-21)26-18-24-6-4-8-30(32(24)20-26)22-11-15-28(35)16-12-22/h3-16,19-20H,17-18H2,1-2H3. The molecule has 4 aromatic rings. The van der Waals surface area contributed by atoms with Gasteiger partial charge in [0.05, 0.1) is 0 Å². The molecule has 0 saturated heterocycles. The predicted octanol–water partition coefficient (Wildman–Crippen LogP) is 10.2. The molecule has 0 unspecified atom stereocenters. The Labute approximate surface area is 224 Å². The predicted molar refractivity (Wildman–Crippen MR) is 156 cm³/mol. The second kappa shape index (κ2) is 8.76. The molecule has 0 aliphatic heterocycles. The van der Waals surface area contributed by atoms with E-state index in [0.29, 0.717) is 0 Å². The fraction of sp³-hybridized carbons (Fsp3) is 0.152. The summed E-state index contributed by atoms with van der Waals surface area (Å²) in [5.74, 6) is 0. The van der Waals surface area contributed by atoms with Gasteiger partial charge in [-0.2, -0.15) is 0 Å². The summed E-state index contributed by atoms with van der Waals surface area (Å²) in [4.78, 5) is 0. The van der Waals surface area contributed by atoms with Crippen LogP contribution in [0.25, 0.3) is 34.4 Å². The highest BCUT2D eigenvalue weighted by atomic mass is 79.9. The van der Waals surface area contributed by atoms with E-state index in [1.54, 1.807) is 0 Å². The summed E-state index contributed by atoms with van der Waals surface area (Å²) in [5.41, 5.74) is 13.8. The van der Waals surface area contributed by atoms with E-state index in [4.69, 9.17) is 0 Å². The molecular weight excluding hydrogens is 556 g/mol. The molecule has 2 aliphatic carbocycles. The summed E-state index contributed by atoms with van der Waals surface area (Å²) in [6.45, 7) is 4.81. The van der Waals surface area contributed by atoms with Crippen molar-refractivity contribution in [3.63, 3.8) is 0 Å². The lowest BCUT2D eigenvalue weighted by molar-refractivity contribution is 0.526. The molecule has 2 heteroatoms. The summed E-state index contributed by atoms with van der Waals surface area (Å²) >= 11 is 7.14. The third kappa shape index (κ3) is 4.07. The second-order valence-corrected chi connectivity index (χ2v) is 11.9. The molecule has 6 rings (SSSR count). The smallest absolute Gasteiger partial charge is 0.0175 e. The summed E-state index contributed by atoms with van der Waals surface area (Å²) < 4.78 is 2.22. The van der Waals surface area contributed by atoms with Crippen LogP contribution in [0.5, 0.6) is 0 Å². The van der Waals surface area contributed by atoms with Crippen molar-refractivity contribution in [2.24, 2.45) is 5.41 Å². The van der Waals surface area contributed by atoms with E-state index >= 15 is 0 Å². The van der Waals surface area contributed by atoms with Crippen molar-refractivity contribution >= 4 is 44.0 Å². The zero-order valence-electron chi connectivity index (χ0n) is 19.9. The third-order valence-electron chi connectivity index (χ3n) is 7.71. The van der Waals surface area contributed by atoms with Gasteiger partial charge in [-0.25, -0.2) is 0 Å². The van der Waals surface area contributed by atoms with E-state index < -0.39 is 0 Å². The van der Waals surface area contributed by atoms with Crippen LogP contribution >= 0.6 is 31.9 Å². The molecule has 0 saturated carbocycles. The van der Waals surface area contributed by atoms with Crippen LogP contribution in [0.15, 0.2) is 105 Å². The Bertz CT molecular complexity index is 1390. The van der Waals surface area contributed by atoms with Gasteiger partial charge in [0.2, 0.25) is 0 Å². The van der Waals surface area contributed by atoms with Gasteiger partial charge in [-0.15, -0.1) is 0 Å². The lowest BCUT2D eigenvalue weighted by Gasteiger charge is -2.28. The van der Waals surface area contributed by atoms with Crippen LogP contribution in [0.2, 0.25) is 0 Å². The van der Waals surface area contributed by atoms with Gasteiger partial charge in [-0.1, -0.05) is 130 Å². The molecule has 0 N–H and O–H groups in total. The third-order valence-corrected chi connectivity index (χ3v) is 8.77. The SMILES string of the molecule is CC(C)(C1=Cc2c(cccc2-c2ccc(Br)cc2)C1)C1=Cc2c(cccc2-c2ccc(Br)cc2)C1. The molecule has 0 heterocycles. The Kier molecular flexibility index (Phi) is 5.70. The van der Waals surface area contributed by atoms with E-state index in [-0.39, 0.29) is 5.41 Å². The number of hydrogen-bond donors (Lipinski definition) is 0. The average molecular weight is 582 g/mol. The first-order valence-corrected chi connectivity index (χ1v) is 13.7. The van der Waals surface area contributed by atoms with Crippen LogP contribution in [0.4, 0.5) is 0 Å². The maximum Gasteiger partial charge on any atom is 0.0175 e. The minimum absolute atomic E-state index is 0.00792. The lowest BCUT2D eigenvalue weighted by atomic mass is 9.75. The fourth-order valence-corrected chi connectivity index (χ4v) is 6.04. The number of benzene rings is 4. The topological polar surface area (TPSA) is 0 Å². The first-order chi connectivity index (χ1) is 16.9. The molecule has 0 nitrogen and oxygen atoms in total. The van der Waals surface area contributed by atoms with Crippen LogP contribution in [0.1, 0.15) is 36.1 Å². The average Bonchev–Trinajstić information content (AvgIpc) is 3.50. The van der Waals surface area contributed by atoms with Crippen molar-refractivity contribution in [1.29, 1.82) is 0 Å². The number of allylic oxidation sites excluding steroid dienone is 2. The second-order valence-electron chi connectivity index (χ2n) is 10.1. The van der Waals surface area contributed by atoms with Gasteiger partial charge in [-0.3, -0.25) is 0 Å². The minimum atomic E-state index is -0.00792. The van der Waals surface area contributed by atoms with Gasteiger partial charge < -0.3 is 0 Å². The molecule has 2 aliphatic rings. The largest absolute Gasteiger partial charge is 0.0613 e. The summed E-state index contributed by atoms with van der Waals surface area (Å²) in [5, 5.41) is 0. The van der Waals surface area contributed by atoms with E-state index in [9.17, 15) is 0 Å². The molecule has 0 radical (unpaired) electrons. The number of hydrogen-bond acceptors (Lipinski definition) is 0. The van der Waals surface area contributed by atoms with Crippen molar-refractivity contribution in [3.05, 3.63) is 127 Å². The minimum Gasteiger partial charge on any atom is -0.0613 e. The van der Waals surface area contributed by atoms with Crippen molar-refractivity contribution in [2.75, 3.05) is 0 Å². The molecule has 172 valence electrons. The maximum absolute atomic E-state index is 3.57. The Balaban J connectivity index is 1.37. The summed E-state index contributed by atoms with van der Waals surface area (Å²) in [6.07, 6.45) is 6.96. The molecule has 35 heavy (non-hydrogen) atoms. The van der Waals surface area contributed by atoms with Crippen molar-refractivity contribution in [2.45, 2.75) is 26.7 Å². The summed E-state index contributed by atoms with van der Waals surface area (Å²) in [6, 6.07) is 30.8. The van der Waals surface area contributed by atoms with E-state index in [2.05, 4.69) is 143 Å². The van der Waals surface area contributed by atoms with E-state index in [1.165, 1.54) is 55.7 Å².